The average molecular weight is 577 g/mol. The summed E-state index contributed by atoms with van der Waals surface area (Å²) >= 11 is 1.58. The molecule has 1 saturated carbocycles. The van der Waals surface area contributed by atoms with Gasteiger partial charge in [-0.3, -0.25) is 0 Å². The van der Waals surface area contributed by atoms with Crippen molar-refractivity contribution in [3.8, 4) is 28.3 Å². The van der Waals surface area contributed by atoms with Crippen LogP contribution in [0.25, 0.3) is 32.6 Å². The number of amides is 1. The van der Waals surface area contributed by atoms with E-state index in [1.165, 1.54) is 23.3 Å². The Morgan fingerprint density at radius 2 is 1.95 bits per heavy atom. The van der Waals surface area contributed by atoms with Crippen molar-refractivity contribution in [2.45, 2.75) is 44.8 Å². The molecule has 8 nitrogen and oxygen atoms in total. The monoisotopic (exact) mass is 576 g/mol. The van der Waals surface area contributed by atoms with Gasteiger partial charge in [-0.15, -0.1) is 21.5 Å². The lowest BCUT2D eigenvalue weighted by Crippen LogP contribution is -2.42. The van der Waals surface area contributed by atoms with E-state index in [-0.39, 0.29) is 18.8 Å². The number of aromatic nitrogens is 2. The predicted molar refractivity (Wildman–Crippen MR) is 157 cm³/mol. The Hall–Kier alpha value is -3.60. The summed E-state index contributed by atoms with van der Waals surface area (Å²) in [4.78, 5) is 11.9. The van der Waals surface area contributed by atoms with Crippen molar-refractivity contribution < 1.29 is 23.4 Å². The van der Waals surface area contributed by atoms with E-state index >= 15 is 0 Å². The highest BCUT2D eigenvalue weighted by Gasteiger charge is 2.35. The second kappa shape index (κ2) is 12.1. The Morgan fingerprint density at radius 3 is 2.80 bits per heavy atom. The molecule has 2 aromatic carbocycles. The minimum absolute atomic E-state index is 0.210. The van der Waals surface area contributed by atoms with Gasteiger partial charge in [-0.1, -0.05) is 12.1 Å². The van der Waals surface area contributed by atoms with Crippen molar-refractivity contribution in [3.63, 3.8) is 0 Å². The van der Waals surface area contributed by atoms with Crippen LogP contribution in [0, 0.1) is 5.82 Å². The maximum absolute atomic E-state index is 14.2. The number of thiophene rings is 1. The number of nitrogens with one attached hydrogen (secondary N) is 2. The molecular weight excluding hydrogens is 543 g/mol. The van der Waals surface area contributed by atoms with Gasteiger partial charge < -0.3 is 24.8 Å². The summed E-state index contributed by atoms with van der Waals surface area (Å²) in [6.45, 7) is 4.93. The second-order valence-electron chi connectivity index (χ2n) is 10.7. The molecule has 0 unspecified atom stereocenters. The number of alkyl carbamates (subject to hydrolysis) is 1. The number of carbonyl (C=O) groups excluding carboxylic acids is 1. The van der Waals surface area contributed by atoms with E-state index in [4.69, 9.17) is 14.2 Å². The van der Waals surface area contributed by atoms with Crippen LogP contribution in [0.3, 0.4) is 0 Å². The van der Waals surface area contributed by atoms with Crippen molar-refractivity contribution in [3.05, 3.63) is 64.8 Å². The molecular formula is C31H33FN4O4S. The molecule has 1 aliphatic heterocycles. The molecule has 0 bridgehead atoms. The van der Waals surface area contributed by atoms with Gasteiger partial charge in [-0.25, -0.2) is 9.18 Å². The smallest absolute Gasteiger partial charge is 0.407 e. The van der Waals surface area contributed by atoms with Crippen LogP contribution < -0.4 is 15.4 Å². The maximum atomic E-state index is 14.2. The number of nitrogens with zero attached hydrogens (tertiary/aromatic N) is 2. The first-order valence-corrected chi connectivity index (χ1v) is 14.9. The summed E-state index contributed by atoms with van der Waals surface area (Å²) in [5.74, 6) is -0.0230. The third kappa shape index (κ3) is 6.19. The van der Waals surface area contributed by atoms with Gasteiger partial charge in [-0.05, 0) is 79.9 Å². The molecule has 1 fully saturated rings. The first-order valence-electron chi connectivity index (χ1n) is 14.0. The Morgan fingerprint density at radius 1 is 1.07 bits per heavy atom. The lowest BCUT2D eigenvalue weighted by molar-refractivity contribution is -0.0328. The molecule has 0 atom stereocenters. The molecule has 41 heavy (non-hydrogen) atoms. The van der Waals surface area contributed by atoms with Crippen LogP contribution in [0.15, 0.2) is 47.8 Å². The molecule has 6 rings (SSSR count). The van der Waals surface area contributed by atoms with E-state index < -0.39 is 11.9 Å². The number of benzene rings is 2. The normalized spacial score (nSPS) is 15.7. The summed E-state index contributed by atoms with van der Waals surface area (Å²) in [5.41, 5.74) is 5.53. The Bertz CT molecular complexity index is 1550. The maximum Gasteiger partial charge on any atom is 0.407 e. The van der Waals surface area contributed by atoms with Crippen LogP contribution >= 0.6 is 11.3 Å². The third-order valence-electron chi connectivity index (χ3n) is 7.70. The Balaban J connectivity index is 1.11. The molecule has 0 radical (unpaired) electrons. The molecule has 0 spiro atoms. The van der Waals surface area contributed by atoms with Gasteiger partial charge in [-0.2, -0.15) is 0 Å². The summed E-state index contributed by atoms with van der Waals surface area (Å²) in [6.07, 6.45) is 3.45. The van der Waals surface area contributed by atoms with Gasteiger partial charge in [0.05, 0.1) is 17.9 Å². The highest BCUT2D eigenvalue weighted by atomic mass is 32.1. The highest BCUT2D eigenvalue weighted by Crippen LogP contribution is 2.40. The van der Waals surface area contributed by atoms with E-state index in [0.29, 0.717) is 30.2 Å². The fraction of sp³-hybridized carbons (Fsp3) is 0.387. The average Bonchev–Trinajstić information content (AvgIpc) is 3.46. The summed E-state index contributed by atoms with van der Waals surface area (Å²) in [5, 5.41) is 18.4. The van der Waals surface area contributed by atoms with Gasteiger partial charge >= 0.3 is 6.09 Å². The fourth-order valence-corrected chi connectivity index (χ4v) is 6.17. The molecule has 1 aliphatic carbocycles. The van der Waals surface area contributed by atoms with Gasteiger partial charge in [0.2, 0.25) is 0 Å². The van der Waals surface area contributed by atoms with E-state index in [1.807, 2.05) is 12.3 Å². The fourth-order valence-electron chi connectivity index (χ4n) is 5.28. The van der Waals surface area contributed by atoms with E-state index in [9.17, 15) is 9.18 Å². The molecule has 2 aromatic heterocycles. The summed E-state index contributed by atoms with van der Waals surface area (Å²) < 4.78 is 32.2. The molecule has 2 N–H and O–H groups in total. The lowest BCUT2D eigenvalue weighted by Gasteiger charge is -2.37. The number of rotatable bonds is 10. The quantitative estimate of drug-likeness (QED) is 0.228. The Labute approximate surface area is 242 Å². The number of halogens is 1. The van der Waals surface area contributed by atoms with Crippen LogP contribution in [-0.2, 0) is 22.4 Å². The largest absolute Gasteiger partial charge is 0.490 e. The minimum Gasteiger partial charge on any atom is -0.490 e. The van der Waals surface area contributed by atoms with E-state index in [1.54, 1.807) is 17.4 Å². The zero-order valence-electron chi connectivity index (χ0n) is 23.0. The van der Waals surface area contributed by atoms with E-state index in [0.717, 1.165) is 60.1 Å². The topological polar surface area (TPSA) is 94.6 Å². The number of hydrogen-bond donors (Lipinski definition) is 2. The number of hydrogen-bond acceptors (Lipinski definition) is 8. The zero-order chi connectivity index (χ0) is 28.2. The predicted octanol–water partition coefficient (Wildman–Crippen LogP) is 5.87. The summed E-state index contributed by atoms with van der Waals surface area (Å²) in [7, 11) is 0. The van der Waals surface area contributed by atoms with Crippen molar-refractivity contribution in [2.75, 3.05) is 32.9 Å². The van der Waals surface area contributed by atoms with Gasteiger partial charge in [0, 0.05) is 35.7 Å². The van der Waals surface area contributed by atoms with Gasteiger partial charge in [0.15, 0.2) is 0 Å². The van der Waals surface area contributed by atoms with Crippen molar-refractivity contribution >= 4 is 27.5 Å². The van der Waals surface area contributed by atoms with Crippen molar-refractivity contribution in [1.29, 1.82) is 0 Å². The number of fused-ring (bicyclic) bond motifs is 2. The third-order valence-corrected chi connectivity index (χ3v) is 8.62. The molecule has 2 aliphatic rings. The van der Waals surface area contributed by atoms with Gasteiger partial charge in [0.25, 0.3) is 0 Å². The molecule has 10 heteroatoms. The van der Waals surface area contributed by atoms with Gasteiger partial charge in [0.1, 0.15) is 35.2 Å². The first kappa shape index (κ1) is 27.6. The number of ether oxygens (including phenoxy) is 3. The number of carbonyl (C=O) groups is 1. The highest BCUT2D eigenvalue weighted by molar-refractivity contribution is 7.17. The van der Waals surface area contributed by atoms with Crippen LogP contribution in [0.2, 0.25) is 0 Å². The summed E-state index contributed by atoms with van der Waals surface area (Å²) in [6, 6.07) is 13.0. The SMILES string of the molecule is CC1(OC(=O)NCCOCCOc2cc(F)ccc2-c2nnc(-c3ccc4c(c3)CCNC4)c3ccsc23)CCC1. The van der Waals surface area contributed by atoms with Crippen molar-refractivity contribution in [2.24, 2.45) is 0 Å². The molecule has 3 heterocycles. The Kier molecular flexibility index (Phi) is 8.13. The van der Waals surface area contributed by atoms with Crippen LogP contribution in [-0.4, -0.2) is 54.8 Å². The van der Waals surface area contributed by atoms with Crippen LogP contribution in [0.1, 0.15) is 37.3 Å². The molecule has 0 saturated heterocycles. The first-order chi connectivity index (χ1) is 20.0. The molecule has 1 amide bonds. The minimum atomic E-state index is -0.424. The molecule has 4 aromatic rings. The van der Waals surface area contributed by atoms with E-state index in [2.05, 4.69) is 45.1 Å². The lowest BCUT2D eigenvalue weighted by atomic mass is 9.82. The van der Waals surface area contributed by atoms with Crippen molar-refractivity contribution in [1.82, 2.24) is 20.8 Å². The second-order valence-corrected chi connectivity index (χ2v) is 11.6. The standard InChI is InChI=1S/C31H33FN4O4S/c1-31(9-2-10-31)40-30(37)34-12-13-38-14-15-39-26-18-23(32)5-6-24(26)28-29-25(8-16-41-29)27(35-36-28)21-3-4-22-19-33-11-7-20(22)17-21/h3-6,8,16-18,33H,2,7,9-15,19H2,1H3,(H,34,37). The zero-order valence-corrected chi connectivity index (χ0v) is 23.8. The van der Waals surface area contributed by atoms with Crippen LogP contribution in [0.5, 0.6) is 5.75 Å². The molecule has 214 valence electrons. The van der Waals surface area contributed by atoms with Crippen LogP contribution in [0.4, 0.5) is 9.18 Å².